The third-order valence-electron chi connectivity index (χ3n) is 3.04. The molecule has 1 aliphatic carbocycles. The van der Waals surface area contributed by atoms with Gasteiger partial charge in [0.25, 0.3) is 5.91 Å². The smallest absolute Gasteiger partial charge is 0.250 e. The Hall–Kier alpha value is -1.97. The molecule has 1 heterocycles. The predicted molar refractivity (Wildman–Crippen MR) is 62.2 cm³/mol. The number of primary amides is 1. The van der Waals surface area contributed by atoms with E-state index in [0.29, 0.717) is 17.0 Å². The van der Waals surface area contributed by atoms with E-state index in [1.165, 1.54) is 12.1 Å². The topological polar surface area (TPSA) is 56.0 Å². The standard InChI is InChI=1S/C13H11FN2O/c14-9-4-3-8-5-10(13(15)17)12(7-1-2-7)16-11(8)6-9/h3-7H,1-2H2,(H2,15,17). The van der Waals surface area contributed by atoms with Gasteiger partial charge in [0.1, 0.15) is 5.82 Å². The minimum absolute atomic E-state index is 0.310. The van der Waals surface area contributed by atoms with Crippen LogP contribution in [0.2, 0.25) is 0 Å². The quantitative estimate of drug-likeness (QED) is 0.860. The molecule has 1 saturated carbocycles. The number of hydrogen-bond acceptors (Lipinski definition) is 2. The van der Waals surface area contributed by atoms with Gasteiger partial charge in [-0.2, -0.15) is 0 Å². The molecule has 0 unspecified atom stereocenters. The molecule has 0 aliphatic heterocycles. The number of hydrogen-bond donors (Lipinski definition) is 1. The van der Waals surface area contributed by atoms with Gasteiger partial charge in [0, 0.05) is 17.4 Å². The Balaban J connectivity index is 2.28. The molecule has 86 valence electrons. The number of nitrogens with zero attached hydrogens (tertiary/aromatic N) is 1. The minimum atomic E-state index is -0.467. The lowest BCUT2D eigenvalue weighted by atomic mass is 10.1. The second-order valence-corrected chi connectivity index (χ2v) is 4.40. The van der Waals surface area contributed by atoms with Crippen LogP contribution in [0.3, 0.4) is 0 Å². The van der Waals surface area contributed by atoms with Gasteiger partial charge in [0.15, 0.2) is 0 Å². The van der Waals surface area contributed by atoms with Gasteiger partial charge in [-0.25, -0.2) is 4.39 Å². The summed E-state index contributed by atoms with van der Waals surface area (Å²) in [5.74, 6) is -0.477. The molecule has 2 aromatic rings. The van der Waals surface area contributed by atoms with Gasteiger partial charge in [-0.05, 0) is 31.0 Å². The average molecular weight is 230 g/mol. The van der Waals surface area contributed by atoms with E-state index < -0.39 is 5.91 Å². The first kappa shape index (κ1) is 10.2. The van der Waals surface area contributed by atoms with E-state index in [4.69, 9.17) is 5.73 Å². The lowest BCUT2D eigenvalue weighted by Gasteiger charge is -2.07. The Kier molecular flexibility index (Phi) is 2.11. The molecule has 1 aromatic heterocycles. The van der Waals surface area contributed by atoms with Crippen molar-refractivity contribution in [3.63, 3.8) is 0 Å². The van der Waals surface area contributed by atoms with Crippen LogP contribution in [0.25, 0.3) is 10.9 Å². The van der Waals surface area contributed by atoms with E-state index in [0.717, 1.165) is 23.9 Å². The molecule has 0 radical (unpaired) electrons. The van der Waals surface area contributed by atoms with Crippen LogP contribution >= 0.6 is 0 Å². The second kappa shape index (κ2) is 3.52. The summed E-state index contributed by atoms with van der Waals surface area (Å²) in [6, 6.07) is 6.05. The van der Waals surface area contributed by atoms with Crippen LogP contribution in [0.15, 0.2) is 24.3 Å². The van der Waals surface area contributed by atoms with E-state index in [-0.39, 0.29) is 5.82 Å². The normalized spacial score (nSPS) is 15.1. The summed E-state index contributed by atoms with van der Waals surface area (Å²) in [6.45, 7) is 0. The molecule has 1 aromatic carbocycles. The molecule has 3 rings (SSSR count). The summed E-state index contributed by atoms with van der Waals surface area (Å²) in [6.07, 6.45) is 2.04. The molecule has 17 heavy (non-hydrogen) atoms. The van der Waals surface area contributed by atoms with Crippen molar-refractivity contribution in [2.24, 2.45) is 5.73 Å². The van der Waals surface area contributed by atoms with Crippen molar-refractivity contribution in [2.75, 3.05) is 0 Å². The Morgan fingerprint density at radius 3 is 2.76 bits per heavy atom. The van der Waals surface area contributed by atoms with Crippen molar-refractivity contribution in [3.8, 4) is 0 Å². The maximum atomic E-state index is 13.1. The third kappa shape index (κ3) is 1.75. The number of benzene rings is 1. The van der Waals surface area contributed by atoms with Crippen molar-refractivity contribution in [1.82, 2.24) is 4.98 Å². The molecule has 2 N–H and O–H groups in total. The third-order valence-corrected chi connectivity index (χ3v) is 3.04. The molecular weight excluding hydrogens is 219 g/mol. The van der Waals surface area contributed by atoms with Crippen molar-refractivity contribution >= 4 is 16.8 Å². The van der Waals surface area contributed by atoms with Gasteiger partial charge in [-0.15, -0.1) is 0 Å². The van der Waals surface area contributed by atoms with E-state index in [1.54, 1.807) is 12.1 Å². The Bertz CT molecular complexity index is 620. The number of aromatic nitrogens is 1. The van der Waals surface area contributed by atoms with Crippen molar-refractivity contribution < 1.29 is 9.18 Å². The number of carbonyl (C=O) groups is 1. The highest BCUT2D eigenvalue weighted by Gasteiger charge is 2.29. The minimum Gasteiger partial charge on any atom is -0.366 e. The molecule has 1 fully saturated rings. The molecular formula is C13H11FN2O. The molecule has 1 aliphatic rings. The largest absolute Gasteiger partial charge is 0.366 e. The lowest BCUT2D eigenvalue weighted by molar-refractivity contribution is 0.0999. The molecule has 0 saturated heterocycles. The maximum Gasteiger partial charge on any atom is 0.250 e. The fourth-order valence-corrected chi connectivity index (χ4v) is 2.02. The zero-order valence-electron chi connectivity index (χ0n) is 9.11. The van der Waals surface area contributed by atoms with E-state index in [9.17, 15) is 9.18 Å². The summed E-state index contributed by atoms with van der Waals surface area (Å²) in [7, 11) is 0. The Morgan fingerprint density at radius 2 is 2.12 bits per heavy atom. The highest BCUT2D eigenvalue weighted by molar-refractivity contribution is 5.97. The summed E-state index contributed by atoms with van der Waals surface area (Å²) >= 11 is 0. The monoisotopic (exact) mass is 230 g/mol. The number of fused-ring (bicyclic) bond motifs is 1. The van der Waals surface area contributed by atoms with Crippen LogP contribution in [0.4, 0.5) is 4.39 Å². The van der Waals surface area contributed by atoms with Crippen LogP contribution in [-0.4, -0.2) is 10.9 Å². The zero-order valence-corrected chi connectivity index (χ0v) is 9.11. The predicted octanol–water partition coefficient (Wildman–Crippen LogP) is 2.35. The first-order valence-electron chi connectivity index (χ1n) is 5.55. The Labute approximate surface area is 97.5 Å². The Morgan fingerprint density at radius 1 is 1.35 bits per heavy atom. The van der Waals surface area contributed by atoms with Gasteiger partial charge in [-0.1, -0.05) is 0 Å². The second-order valence-electron chi connectivity index (χ2n) is 4.40. The highest BCUT2D eigenvalue weighted by Crippen LogP contribution is 2.41. The van der Waals surface area contributed by atoms with Crippen molar-refractivity contribution in [3.05, 3.63) is 41.3 Å². The van der Waals surface area contributed by atoms with Crippen LogP contribution in [0, 0.1) is 5.82 Å². The molecule has 0 spiro atoms. The number of nitrogens with two attached hydrogens (primary N) is 1. The van der Waals surface area contributed by atoms with Crippen molar-refractivity contribution in [2.45, 2.75) is 18.8 Å². The van der Waals surface area contributed by atoms with Crippen LogP contribution in [0.5, 0.6) is 0 Å². The van der Waals surface area contributed by atoms with Gasteiger partial charge in [0.05, 0.1) is 16.8 Å². The van der Waals surface area contributed by atoms with Gasteiger partial charge in [-0.3, -0.25) is 9.78 Å². The summed E-state index contributed by atoms with van der Waals surface area (Å²) in [4.78, 5) is 15.8. The SMILES string of the molecule is NC(=O)c1cc2ccc(F)cc2nc1C1CC1. The molecule has 1 amide bonds. The van der Waals surface area contributed by atoms with Crippen LogP contribution in [0.1, 0.15) is 34.8 Å². The number of amides is 1. The maximum absolute atomic E-state index is 13.1. The van der Waals surface area contributed by atoms with Crippen LogP contribution < -0.4 is 5.73 Å². The van der Waals surface area contributed by atoms with Gasteiger partial charge in [0.2, 0.25) is 0 Å². The molecule has 0 bridgehead atoms. The lowest BCUT2D eigenvalue weighted by Crippen LogP contribution is -2.14. The summed E-state index contributed by atoms with van der Waals surface area (Å²) in [5, 5.41) is 0.740. The zero-order chi connectivity index (χ0) is 12.0. The number of halogens is 1. The summed E-state index contributed by atoms with van der Waals surface area (Å²) < 4.78 is 13.1. The first-order valence-corrected chi connectivity index (χ1v) is 5.55. The van der Waals surface area contributed by atoms with E-state index in [1.807, 2.05) is 0 Å². The average Bonchev–Trinajstić information content (AvgIpc) is 3.10. The fraction of sp³-hybridized carbons (Fsp3) is 0.231. The number of pyridine rings is 1. The van der Waals surface area contributed by atoms with E-state index in [2.05, 4.69) is 4.98 Å². The highest BCUT2D eigenvalue weighted by atomic mass is 19.1. The first-order chi connectivity index (χ1) is 8.15. The van der Waals surface area contributed by atoms with E-state index >= 15 is 0 Å². The summed E-state index contributed by atoms with van der Waals surface area (Å²) in [5.41, 5.74) is 7.11. The van der Waals surface area contributed by atoms with Gasteiger partial charge < -0.3 is 5.73 Å². The fourth-order valence-electron chi connectivity index (χ4n) is 2.02. The molecule has 0 atom stereocenters. The molecule has 3 nitrogen and oxygen atoms in total. The molecule has 4 heteroatoms. The van der Waals surface area contributed by atoms with Crippen LogP contribution in [-0.2, 0) is 0 Å². The van der Waals surface area contributed by atoms with Gasteiger partial charge >= 0.3 is 0 Å². The van der Waals surface area contributed by atoms with Crippen molar-refractivity contribution in [1.29, 1.82) is 0 Å². The number of rotatable bonds is 2. The number of carbonyl (C=O) groups excluding carboxylic acids is 1.